The fourth-order valence-corrected chi connectivity index (χ4v) is 2.45. The Labute approximate surface area is 180 Å². The van der Waals surface area contributed by atoms with Crippen molar-refractivity contribution in [1.82, 2.24) is 20.5 Å². The number of guanidine groups is 1. The third kappa shape index (κ3) is 10.3. The molecule has 0 saturated carbocycles. The fraction of sp³-hybridized carbons (Fsp3) is 0.647. The molecule has 28 heavy (non-hydrogen) atoms. The molecule has 160 valence electrons. The second-order valence-electron chi connectivity index (χ2n) is 5.98. The molecule has 0 amide bonds. The number of aliphatic imine (C=N–C) groups is 1. The first-order valence-corrected chi connectivity index (χ1v) is 8.93. The Morgan fingerprint density at radius 1 is 1.32 bits per heavy atom. The third-order valence-corrected chi connectivity index (χ3v) is 3.77. The highest BCUT2D eigenvalue weighted by Gasteiger charge is 2.28. The molecule has 0 bridgehead atoms. The lowest BCUT2D eigenvalue weighted by Crippen LogP contribution is -2.44. The number of pyridine rings is 1. The Balaban J connectivity index is 0.00000392. The van der Waals surface area contributed by atoms with Gasteiger partial charge in [0.05, 0.1) is 19.8 Å². The van der Waals surface area contributed by atoms with Gasteiger partial charge in [0, 0.05) is 45.0 Å². The van der Waals surface area contributed by atoms with Crippen molar-refractivity contribution < 1.29 is 22.6 Å². The number of rotatable bonds is 8. The van der Waals surface area contributed by atoms with Gasteiger partial charge in [-0.3, -0.25) is 4.90 Å². The number of hydrogen-bond acceptors (Lipinski definition) is 5. The summed E-state index contributed by atoms with van der Waals surface area (Å²) in [7, 11) is 0. The molecule has 0 spiro atoms. The Hall–Kier alpha value is -1.34. The highest BCUT2D eigenvalue weighted by atomic mass is 127. The van der Waals surface area contributed by atoms with Gasteiger partial charge in [0.2, 0.25) is 5.88 Å². The van der Waals surface area contributed by atoms with Crippen molar-refractivity contribution in [3.05, 3.63) is 23.9 Å². The van der Waals surface area contributed by atoms with Crippen LogP contribution in [0.5, 0.6) is 5.88 Å². The van der Waals surface area contributed by atoms with E-state index in [-0.39, 0.29) is 29.9 Å². The van der Waals surface area contributed by atoms with E-state index < -0.39 is 12.8 Å². The van der Waals surface area contributed by atoms with E-state index in [1.807, 2.05) is 6.92 Å². The van der Waals surface area contributed by atoms with E-state index in [0.29, 0.717) is 24.6 Å². The zero-order valence-electron chi connectivity index (χ0n) is 15.8. The first-order valence-electron chi connectivity index (χ1n) is 8.93. The number of nitrogens with one attached hydrogen (secondary N) is 2. The molecule has 7 nitrogen and oxygen atoms in total. The molecule has 1 aromatic rings. The minimum absolute atomic E-state index is 0. The first kappa shape index (κ1) is 24.7. The zero-order valence-corrected chi connectivity index (χ0v) is 18.1. The summed E-state index contributed by atoms with van der Waals surface area (Å²) in [6, 6.07) is 3.16. The highest BCUT2D eigenvalue weighted by Crippen LogP contribution is 2.17. The number of aromatic nitrogens is 1. The van der Waals surface area contributed by atoms with Crippen LogP contribution in [0.3, 0.4) is 0 Å². The summed E-state index contributed by atoms with van der Waals surface area (Å²) in [5, 5.41) is 6.41. The number of hydrogen-bond donors (Lipinski definition) is 2. The van der Waals surface area contributed by atoms with Crippen LogP contribution >= 0.6 is 24.0 Å². The lowest BCUT2D eigenvalue weighted by atomic mass is 10.3. The van der Waals surface area contributed by atoms with Crippen molar-refractivity contribution in [2.24, 2.45) is 4.99 Å². The van der Waals surface area contributed by atoms with Crippen LogP contribution in [0.15, 0.2) is 23.3 Å². The summed E-state index contributed by atoms with van der Waals surface area (Å²) < 4.78 is 46.7. The molecule has 0 atom stereocenters. The molecule has 2 heterocycles. The molecule has 0 radical (unpaired) electrons. The van der Waals surface area contributed by atoms with Gasteiger partial charge in [-0.2, -0.15) is 13.2 Å². The standard InChI is InChI=1S/C17H26F3N5O2.HI/c1-2-21-16(23-5-6-25-7-9-26-10-8-25)24-12-14-3-4-22-15(11-14)27-13-17(18,19)20;/h3-4,11H,2,5-10,12-13H2,1H3,(H2,21,23,24);1H. The van der Waals surface area contributed by atoms with Crippen LogP contribution in [0.4, 0.5) is 13.2 Å². The van der Waals surface area contributed by atoms with Gasteiger partial charge in [-0.1, -0.05) is 0 Å². The molecule has 2 rings (SSSR count). The summed E-state index contributed by atoms with van der Waals surface area (Å²) in [6.07, 6.45) is -2.98. The third-order valence-electron chi connectivity index (χ3n) is 3.77. The Morgan fingerprint density at radius 2 is 2.07 bits per heavy atom. The maximum Gasteiger partial charge on any atom is 0.422 e. The summed E-state index contributed by atoms with van der Waals surface area (Å²) >= 11 is 0. The van der Waals surface area contributed by atoms with Gasteiger partial charge in [-0.15, -0.1) is 24.0 Å². The van der Waals surface area contributed by atoms with E-state index in [0.717, 1.165) is 39.4 Å². The van der Waals surface area contributed by atoms with Crippen molar-refractivity contribution in [3.63, 3.8) is 0 Å². The second-order valence-corrected chi connectivity index (χ2v) is 5.98. The summed E-state index contributed by atoms with van der Waals surface area (Å²) in [5.41, 5.74) is 0.715. The Kier molecular flexibility index (Phi) is 11.5. The van der Waals surface area contributed by atoms with Crippen LogP contribution in [-0.4, -0.2) is 74.6 Å². The summed E-state index contributed by atoms with van der Waals surface area (Å²) in [4.78, 5) is 10.6. The van der Waals surface area contributed by atoms with Crippen molar-refractivity contribution in [1.29, 1.82) is 0 Å². The van der Waals surface area contributed by atoms with E-state index in [4.69, 9.17) is 4.74 Å². The van der Waals surface area contributed by atoms with Crippen LogP contribution in [0.1, 0.15) is 12.5 Å². The maximum absolute atomic E-state index is 12.2. The van der Waals surface area contributed by atoms with Crippen molar-refractivity contribution in [2.75, 3.05) is 52.5 Å². The fourth-order valence-electron chi connectivity index (χ4n) is 2.45. The molecular weight excluding hydrogens is 490 g/mol. The van der Waals surface area contributed by atoms with Crippen molar-refractivity contribution in [3.8, 4) is 5.88 Å². The van der Waals surface area contributed by atoms with E-state index >= 15 is 0 Å². The topological polar surface area (TPSA) is 71.0 Å². The minimum Gasteiger partial charge on any atom is -0.468 e. The molecule has 1 fully saturated rings. The number of halogens is 4. The highest BCUT2D eigenvalue weighted by molar-refractivity contribution is 14.0. The van der Waals surface area contributed by atoms with Crippen molar-refractivity contribution >= 4 is 29.9 Å². The van der Waals surface area contributed by atoms with Gasteiger partial charge < -0.3 is 20.1 Å². The van der Waals surface area contributed by atoms with Gasteiger partial charge >= 0.3 is 6.18 Å². The van der Waals surface area contributed by atoms with Gasteiger partial charge in [0.15, 0.2) is 12.6 Å². The number of morpholine rings is 1. The van der Waals surface area contributed by atoms with E-state index in [1.54, 1.807) is 6.07 Å². The Morgan fingerprint density at radius 3 is 2.75 bits per heavy atom. The molecule has 1 saturated heterocycles. The second kappa shape index (κ2) is 13.0. The summed E-state index contributed by atoms with van der Waals surface area (Å²) in [6.45, 7) is 6.61. The predicted molar refractivity (Wildman–Crippen MR) is 111 cm³/mol. The Bertz CT molecular complexity index is 598. The van der Waals surface area contributed by atoms with E-state index in [9.17, 15) is 13.2 Å². The van der Waals surface area contributed by atoms with E-state index in [2.05, 4.69) is 30.2 Å². The van der Waals surface area contributed by atoms with Crippen LogP contribution in [-0.2, 0) is 11.3 Å². The van der Waals surface area contributed by atoms with Gasteiger partial charge in [0.25, 0.3) is 0 Å². The molecule has 1 aliphatic rings. The van der Waals surface area contributed by atoms with Gasteiger partial charge in [0.1, 0.15) is 0 Å². The molecule has 2 N–H and O–H groups in total. The minimum atomic E-state index is -4.39. The van der Waals surface area contributed by atoms with Gasteiger partial charge in [-0.25, -0.2) is 9.98 Å². The molecule has 1 aliphatic heterocycles. The lowest BCUT2D eigenvalue weighted by Gasteiger charge is -2.26. The quantitative estimate of drug-likeness (QED) is 0.313. The van der Waals surface area contributed by atoms with Crippen LogP contribution in [0.25, 0.3) is 0 Å². The largest absolute Gasteiger partial charge is 0.468 e. The average molecular weight is 517 g/mol. The summed E-state index contributed by atoms with van der Waals surface area (Å²) in [5.74, 6) is 0.589. The average Bonchev–Trinajstić information content (AvgIpc) is 2.65. The van der Waals surface area contributed by atoms with E-state index in [1.165, 1.54) is 12.3 Å². The normalized spacial score (nSPS) is 15.6. The molecule has 0 aliphatic carbocycles. The monoisotopic (exact) mass is 517 g/mol. The molecular formula is C17H27F3IN5O2. The van der Waals surface area contributed by atoms with Crippen molar-refractivity contribution in [2.45, 2.75) is 19.6 Å². The van der Waals surface area contributed by atoms with Crippen LogP contribution in [0.2, 0.25) is 0 Å². The number of nitrogens with zero attached hydrogens (tertiary/aromatic N) is 3. The number of alkyl halides is 3. The SMILES string of the molecule is CCNC(=NCc1ccnc(OCC(F)(F)F)c1)NCCN1CCOCC1.I. The molecule has 11 heteroatoms. The lowest BCUT2D eigenvalue weighted by molar-refractivity contribution is -0.154. The maximum atomic E-state index is 12.2. The zero-order chi connectivity index (χ0) is 19.5. The molecule has 1 aromatic heterocycles. The number of ether oxygens (including phenoxy) is 2. The molecule has 0 unspecified atom stereocenters. The van der Waals surface area contributed by atoms with Crippen LogP contribution < -0.4 is 15.4 Å². The van der Waals surface area contributed by atoms with Crippen LogP contribution in [0, 0.1) is 0 Å². The molecule has 0 aromatic carbocycles. The smallest absolute Gasteiger partial charge is 0.422 e. The predicted octanol–water partition coefficient (Wildman–Crippen LogP) is 2.03. The van der Waals surface area contributed by atoms with Gasteiger partial charge in [-0.05, 0) is 18.6 Å². The first-order chi connectivity index (χ1) is 13.0.